The number of benzene rings is 9. The number of nitrogens with zero attached hydrogens (tertiary/aromatic N) is 5. The molecule has 0 spiro atoms. The number of aromatic nitrogens is 5. The molecule has 3 aromatic heterocycles. The maximum absolute atomic E-state index is 4.97. The van der Waals surface area contributed by atoms with Gasteiger partial charge in [-0.2, -0.15) is 0 Å². The highest BCUT2D eigenvalue weighted by Crippen LogP contribution is 2.39. The van der Waals surface area contributed by atoms with E-state index in [1.165, 1.54) is 54.8 Å². The van der Waals surface area contributed by atoms with Gasteiger partial charge in [0.15, 0.2) is 17.5 Å². The first-order chi connectivity index (χ1) is 30.7. The SMILES string of the molecule is c1ccc(-c2ccc(-n3c4ccccc4c4cc(-c5ccc6c(c5)c5ccccc5n6-c5ccc(-c6nc(-c7ccccc7)nc(-c7ccccc7)n6)cc5)ccc43)cc2)cc1. The van der Waals surface area contributed by atoms with Gasteiger partial charge in [-0.3, -0.25) is 0 Å². The molecule has 0 fully saturated rings. The lowest BCUT2D eigenvalue weighted by atomic mass is 10.0. The van der Waals surface area contributed by atoms with E-state index < -0.39 is 0 Å². The van der Waals surface area contributed by atoms with Crippen molar-refractivity contribution in [2.75, 3.05) is 0 Å². The molecule has 0 unspecified atom stereocenters. The maximum atomic E-state index is 4.97. The predicted molar refractivity (Wildman–Crippen MR) is 256 cm³/mol. The lowest BCUT2D eigenvalue weighted by Gasteiger charge is -2.11. The van der Waals surface area contributed by atoms with Crippen LogP contribution in [0.5, 0.6) is 0 Å². The predicted octanol–water partition coefficient (Wildman–Crippen LogP) is 14.4. The van der Waals surface area contributed by atoms with Crippen LogP contribution in [0.3, 0.4) is 0 Å². The summed E-state index contributed by atoms with van der Waals surface area (Å²) in [5.41, 5.74) is 14.5. The van der Waals surface area contributed by atoms with Crippen molar-refractivity contribution >= 4 is 43.6 Å². The van der Waals surface area contributed by atoms with E-state index in [4.69, 9.17) is 15.0 Å². The zero-order chi connectivity index (χ0) is 41.0. The smallest absolute Gasteiger partial charge is 0.164 e. The standard InChI is InChI=1S/C57H37N5/c1-4-14-38(15-5-1)39-24-30-45(31-25-39)61-51-22-12-10-20-47(51)49-36-43(28-34-53(49)61)44-29-35-54-50(37-44)48-21-11-13-23-52(48)62(54)46-32-26-42(27-33-46)57-59-55(40-16-6-2-7-17-40)58-56(60-57)41-18-8-3-9-19-41/h1-37H. The van der Waals surface area contributed by atoms with Gasteiger partial charge in [0, 0.05) is 49.6 Å². The first kappa shape index (κ1) is 35.5. The monoisotopic (exact) mass is 791 g/mol. The highest BCUT2D eigenvalue weighted by atomic mass is 15.0. The number of fused-ring (bicyclic) bond motifs is 6. The van der Waals surface area contributed by atoms with Gasteiger partial charge in [0.2, 0.25) is 0 Å². The Balaban J connectivity index is 0.928. The van der Waals surface area contributed by atoms with Gasteiger partial charge in [-0.1, -0.05) is 152 Å². The highest BCUT2D eigenvalue weighted by Gasteiger charge is 2.17. The molecular formula is C57H37N5. The van der Waals surface area contributed by atoms with Crippen LogP contribution in [0.15, 0.2) is 224 Å². The fraction of sp³-hybridized carbons (Fsp3) is 0. The molecular weight excluding hydrogens is 755 g/mol. The number of para-hydroxylation sites is 2. The van der Waals surface area contributed by atoms with Gasteiger partial charge in [-0.05, 0) is 95.1 Å². The molecule has 9 aromatic carbocycles. The normalized spacial score (nSPS) is 11.5. The minimum absolute atomic E-state index is 0.636. The molecule has 0 atom stereocenters. The molecule has 12 rings (SSSR count). The molecule has 0 N–H and O–H groups in total. The van der Waals surface area contributed by atoms with E-state index in [1.807, 2.05) is 60.7 Å². The fourth-order valence-electron chi connectivity index (χ4n) is 8.99. The quantitative estimate of drug-likeness (QED) is 0.162. The molecule has 5 heteroatoms. The van der Waals surface area contributed by atoms with Crippen molar-refractivity contribution in [3.05, 3.63) is 224 Å². The zero-order valence-electron chi connectivity index (χ0n) is 33.6. The molecule has 12 aromatic rings. The minimum atomic E-state index is 0.636. The molecule has 290 valence electrons. The van der Waals surface area contributed by atoms with Gasteiger partial charge in [-0.25, -0.2) is 15.0 Å². The largest absolute Gasteiger partial charge is 0.309 e. The van der Waals surface area contributed by atoms with Gasteiger partial charge in [-0.15, -0.1) is 0 Å². The molecule has 0 bridgehead atoms. The Bertz CT molecular complexity index is 3530. The van der Waals surface area contributed by atoms with Gasteiger partial charge < -0.3 is 9.13 Å². The van der Waals surface area contributed by atoms with Crippen molar-refractivity contribution in [3.63, 3.8) is 0 Å². The van der Waals surface area contributed by atoms with Gasteiger partial charge in [0.05, 0.1) is 22.1 Å². The third-order valence-electron chi connectivity index (χ3n) is 12.0. The van der Waals surface area contributed by atoms with E-state index in [1.54, 1.807) is 0 Å². The summed E-state index contributed by atoms with van der Waals surface area (Å²) < 4.78 is 4.74. The van der Waals surface area contributed by atoms with Crippen LogP contribution in [0.2, 0.25) is 0 Å². The second-order valence-electron chi connectivity index (χ2n) is 15.7. The summed E-state index contributed by atoms with van der Waals surface area (Å²) in [7, 11) is 0. The first-order valence-corrected chi connectivity index (χ1v) is 20.9. The fourth-order valence-corrected chi connectivity index (χ4v) is 8.99. The summed E-state index contributed by atoms with van der Waals surface area (Å²) in [6.07, 6.45) is 0. The zero-order valence-corrected chi connectivity index (χ0v) is 33.6. The molecule has 0 radical (unpaired) electrons. The Kier molecular flexibility index (Phi) is 8.42. The van der Waals surface area contributed by atoms with Gasteiger partial charge in [0.1, 0.15) is 0 Å². The summed E-state index contributed by atoms with van der Waals surface area (Å²) >= 11 is 0. The van der Waals surface area contributed by atoms with Crippen molar-refractivity contribution in [2.45, 2.75) is 0 Å². The van der Waals surface area contributed by atoms with Crippen molar-refractivity contribution in [2.24, 2.45) is 0 Å². The maximum Gasteiger partial charge on any atom is 0.164 e. The summed E-state index contributed by atoms with van der Waals surface area (Å²) in [6.45, 7) is 0. The van der Waals surface area contributed by atoms with E-state index in [0.29, 0.717) is 17.5 Å². The Morgan fingerprint density at radius 2 is 0.532 bits per heavy atom. The van der Waals surface area contributed by atoms with E-state index in [2.05, 4.69) is 173 Å². The molecule has 0 aliphatic carbocycles. The first-order valence-electron chi connectivity index (χ1n) is 20.9. The average molecular weight is 792 g/mol. The molecule has 0 amide bonds. The second kappa shape index (κ2) is 14.7. The van der Waals surface area contributed by atoms with Crippen LogP contribution in [-0.4, -0.2) is 24.1 Å². The topological polar surface area (TPSA) is 48.5 Å². The molecule has 5 nitrogen and oxygen atoms in total. The Morgan fingerprint density at radius 1 is 0.226 bits per heavy atom. The molecule has 0 aliphatic rings. The Labute approximate surface area is 358 Å². The van der Waals surface area contributed by atoms with E-state index >= 15 is 0 Å². The summed E-state index contributed by atoms with van der Waals surface area (Å²) in [5.74, 6) is 1.93. The molecule has 0 saturated carbocycles. The van der Waals surface area contributed by atoms with Crippen molar-refractivity contribution in [1.29, 1.82) is 0 Å². The van der Waals surface area contributed by atoms with Crippen LogP contribution < -0.4 is 0 Å². The van der Waals surface area contributed by atoms with Crippen molar-refractivity contribution < 1.29 is 0 Å². The minimum Gasteiger partial charge on any atom is -0.309 e. The van der Waals surface area contributed by atoms with Crippen molar-refractivity contribution in [1.82, 2.24) is 24.1 Å². The molecule has 0 aliphatic heterocycles. The number of rotatable bonds is 7. The molecule has 0 saturated heterocycles. The average Bonchev–Trinajstić information content (AvgIpc) is 3.87. The second-order valence-corrected chi connectivity index (χ2v) is 15.7. The van der Waals surface area contributed by atoms with Crippen LogP contribution in [0, 0.1) is 0 Å². The van der Waals surface area contributed by atoms with Crippen LogP contribution in [0.4, 0.5) is 0 Å². The lowest BCUT2D eigenvalue weighted by Crippen LogP contribution is -2.00. The van der Waals surface area contributed by atoms with Gasteiger partial charge in [0.25, 0.3) is 0 Å². The number of hydrogen-bond acceptors (Lipinski definition) is 3. The van der Waals surface area contributed by atoms with E-state index in [-0.39, 0.29) is 0 Å². The lowest BCUT2D eigenvalue weighted by molar-refractivity contribution is 1.07. The Hall–Kier alpha value is -8.41. The van der Waals surface area contributed by atoms with E-state index in [0.717, 1.165) is 39.1 Å². The third-order valence-corrected chi connectivity index (χ3v) is 12.0. The van der Waals surface area contributed by atoms with Crippen LogP contribution in [0.25, 0.3) is 111 Å². The number of hydrogen-bond donors (Lipinski definition) is 0. The third kappa shape index (κ3) is 6.06. The summed E-state index contributed by atoms with van der Waals surface area (Å²) in [5, 5.41) is 4.89. The molecule has 62 heavy (non-hydrogen) atoms. The molecule has 3 heterocycles. The van der Waals surface area contributed by atoms with Crippen LogP contribution in [-0.2, 0) is 0 Å². The van der Waals surface area contributed by atoms with E-state index in [9.17, 15) is 0 Å². The Morgan fingerprint density at radius 3 is 0.968 bits per heavy atom. The van der Waals surface area contributed by atoms with Crippen LogP contribution in [0.1, 0.15) is 0 Å². The van der Waals surface area contributed by atoms with Crippen molar-refractivity contribution in [3.8, 4) is 67.8 Å². The highest BCUT2D eigenvalue weighted by molar-refractivity contribution is 6.12. The summed E-state index contributed by atoms with van der Waals surface area (Å²) in [6, 6.07) is 79.4. The van der Waals surface area contributed by atoms with Gasteiger partial charge >= 0.3 is 0 Å². The van der Waals surface area contributed by atoms with Crippen LogP contribution >= 0.6 is 0 Å². The summed E-state index contributed by atoms with van der Waals surface area (Å²) in [4.78, 5) is 14.8.